The SMILES string of the molecule is OB(O)[C@@H]1C[C@H]1c1ccccc1Cl. The van der Waals surface area contributed by atoms with Gasteiger partial charge in [-0.1, -0.05) is 29.8 Å². The van der Waals surface area contributed by atoms with E-state index in [0.29, 0.717) is 0 Å². The third kappa shape index (κ3) is 1.73. The monoisotopic (exact) mass is 196 g/mol. The smallest absolute Gasteiger partial charge is 0.427 e. The molecule has 0 aliphatic heterocycles. The zero-order valence-corrected chi connectivity index (χ0v) is 7.78. The summed E-state index contributed by atoms with van der Waals surface area (Å²) in [6, 6.07) is 7.56. The second kappa shape index (κ2) is 3.33. The van der Waals surface area contributed by atoms with Crippen LogP contribution in [0.3, 0.4) is 0 Å². The highest BCUT2D eigenvalue weighted by Gasteiger charge is 2.46. The van der Waals surface area contributed by atoms with Gasteiger partial charge in [-0.05, 0) is 24.0 Å². The summed E-state index contributed by atoms with van der Waals surface area (Å²) in [7, 11) is -1.21. The van der Waals surface area contributed by atoms with Gasteiger partial charge in [0.1, 0.15) is 0 Å². The fourth-order valence-electron chi connectivity index (χ4n) is 1.68. The Kier molecular flexibility index (Phi) is 2.32. The Hall–Kier alpha value is -0.505. The molecule has 0 amide bonds. The van der Waals surface area contributed by atoms with Crippen LogP contribution in [0.15, 0.2) is 24.3 Å². The molecule has 2 N–H and O–H groups in total. The first-order valence-electron chi connectivity index (χ1n) is 4.30. The highest BCUT2D eigenvalue weighted by Crippen LogP contribution is 2.55. The van der Waals surface area contributed by atoms with Crippen molar-refractivity contribution >= 4 is 18.7 Å². The van der Waals surface area contributed by atoms with E-state index < -0.39 is 7.12 Å². The molecule has 0 aromatic heterocycles. The van der Waals surface area contributed by atoms with E-state index in [2.05, 4.69) is 0 Å². The van der Waals surface area contributed by atoms with Crippen LogP contribution in [0.1, 0.15) is 17.9 Å². The summed E-state index contributed by atoms with van der Waals surface area (Å²) < 4.78 is 0. The van der Waals surface area contributed by atoms with Gasteiger partial charge in [0, 0.05) is 10.8 Å². The molecule has 2 atom stereocenters. The highest BCUT2D eigenvalue weighted by molar-refractivity contribution is 6.45. The Morgan fingerprint density at radius 1 is 1.31 bits per heavy atom. The molecule has 1 aromatic carbocycles. The number of benzene rings is 1. The third-order valence-electron chi connectivity index (χ3n) is 2.53. The fraction of sp³-hybridized carbons (Fsp3) is 0.333. The minimum Gasteiger partial charge on any atom is -0.427 e. The summed E-state index contributed by atoms with van der Waals surface area (Å²) in [6.45, 7) is 0. The molecule has 13 heavy (non-hydrogen) atoms. The fourth-order valence-corrected chi connectivity index (χ4v) is 1.95. The van der Waals surface area contributed by atoms with Crippen LogP contribution in [-0.2, 0) is 0 Å². The van der Waals surface area contributed by atoms with Crippen LogP contribution < -0.4 is 0 Å². The minimum atomic E-state index is -1.21. The molecule has 68 valence electrons. The molecule has 2 nitrogen and oxygen atoms in total. The molecule has 1 saturated carbocycles. The van der Waals surface area contributed by atoms with Gasteiger partial charge in [0.25, 0.3) is 0 Å². The number of hydrogen-bond donors (Lipinski definition) is 2. The van der Waals surface area contributed by atoms with Crippen LogP contribution in [0.4, 0.5) is 0 Å². The van der Waals surface area contributed by atoms with Gasteiger partial charge >= 0.3 is 7.12 Å². The Balaban J connectivity index is 2.16. The predicted octanol–water partition coefficient (Wildman–Crippen LogP) is 1.67. The van der Waals surface area contributed by atoms with E-state index >= 15 is 0 Å². The van der Waals surface area contributed by atoms with Crippen molar-refractivity contribution in [3.05, 3.63) is 34.9 Å². The summed E-state index contributed by atoms with van der Waals surface area (Å²) in [5, 5.41) is 18.6. The molecule has 1 aliphatic rings. The van der Waals surface area contributed by atoms with Crippen molar-refractivity contribution in [3.8, 4) is 0 Å². The normalized spacial score (nSPS) is 25.8. The van der Waals surface area contributed by atoms with Crippen molar-refractivity contribution in [1.29, 1.82) is 0 Å². The average molecular weight is 196 g/mol. The van der Waals surface area contributed by atoms with E-state index in [1.54, 1.807) is 0 Å². The Bertz CT molecular complexity index is 316. The maximum Gasteiger partial charge on any atom is 0.455 e. The summed E-state index contributed by atoms with van der Waals surface area (Å²) in [5.74, 6) is 0.202. The third-order valence-corrected chi connectivity index (χ3v) is 2.87. The molecule has 0 saturated heterocycles. The highest BCUT2D eigenvalue weighted by atomic mass is 35.5. The van der Waals surface area contributed by atoms with Crippen molar-refractivity contribution in [1.82, 2.24) is 0 Å². The van der Waals surface area contributed by atoms with Crippen LogP contribution in [0, 0.1) is 0 Å². The van der Waals surface area contributed by atoms with Crippen LogP contribution in [-0.4, -0.2) is 17.2 Å². The summed E-state index contributed by atoms with van der Waals surface area (Å²) in [5.41, 5.74) is 1.03. The lowest BCUT2D eigenvalue weighted by atomic mass is 9.81. The lowest BCUT2D eigenvalue weighted by molar-refractivity contribution is 0.402. The first-order chi connectivity index (χ1) is 6.20. The quantitative estimate of drug-likeness (QED) is 0.707. The Morgan fingerprint density at radius 3 is 2.54 bits per heavy atom. The van der Waals surface area contributed by atoms with Crippen LogP contribution >= 0.6 is 11.6 Å². The molecule has 0 radical (unpaired) electrons. The maximum atomic E-state index is 8.93. The van der Waals surface area contributed by atoms with Crippen LogP contribution in [0.5, 0.6) is 0 Å². The molecule has 0 heterocycles. The molecule has 1 aliphatic carbocycles. The lowest BCUT2D eigenvalue weighted by Crippen LogP contribution is -2.11. The largest absolute Gasteiger partial charge is 0.455 e. The van der Waals surface area contributed by atoms with Crippen molar-refractivity contribution in [2.24, 2.45) is 0 Å². The van der Waals surface area contributed by atoms with Gasteiger partial charge < -0.3 is 10.0 Å². The van der Waals surface area contributed by atoms with E-state index in [9.17, 15) is 0 Å². The van der Waals surface area contributed by atoms with Gasteiger partial charge in [0.15, 0.2) is 0 Å². The zero-order chi connectivity index (χ0) is 9.42. The molecule has 1 fully saturated rings. The summed E-state index contributed by atoms with van der Waals surface area (Å²) >= 11 is 5.97. The zero-order valence-electron chi connectivity index (χ0n) is 7.02. The van der Waals surface area contributed by atoms with Crippen LogP contribution in [0.25, 0.3) is 0 Å². The molecule has 0 bridgehead atoms. The van der Waals surface area contributed by atoms with Gasteiger partial charge in [-0.3, -0.25) is 0 Å². The average Bonchev–Trinajstić information content (AvgIpc) is 2.84. The molecular formula is C9H10BClO2. The second-order valence-electron chi connectivity index (χ2n) is 3.44. The minimum absolute atomic E-state index is 0.0279. The molecule has 1 aromatic rings. The van der Waals surface area contributed by atoms with Crippen molar-refractivity contribution in [2.75, 3.05) is 0 Å². The number of hydrogen-bond acceptors (Lipinski definition) is 2. The predicted molar refractivity (Wildman–Crippen MR) is 52.8 cm³/mol. The first kappa shape index (κ1) is 9.07. The van der Waals surface area contributed by atoms with Gasteiger partial charge in [-0.25, -0.2) is 0 Å². The van der Waals surface area contributed by atoms with E-state index in [4.69, 9.17) is 21.6 Å². The van der Waals surface area contributed by atoms with E-state index in [1.807, 2.05) is 24.3 Å². The van der Waals surface area contributed by atoms with E-state index in [1.165, 1.54) is 0 Å². The Labute approximate surface area is 82.3 Å². The lowest BCUT2D eigenvalue weighted by Gasteiger charge is -2.01. The molecular weight excluding hydrogens is 186 g/mol. The molecule has 0 spiro atoms. The van der Waals surface area contributed by atoms with Crippen LogP contribution in [0.2, 0.25) is 10.8 Å². The molecule has 0 unspecified atom stereocenters. The maximum absolute atomic E-state index is 8.93. The van der Waals surface area contributed by atoms with Gasteiger partial charge in [0.05, 0.1) is 0 Å². The van der Waals surface area contributed by atoms with Crippen molar-refractivity contribution in [3.63, 3.8) is 0 Å². The van der Waals surface area contributed by atoms with Crippen molar-refractivity contribution in [2.45, 2.75) is 18.2 Å². The second-order valence-corrected chi connectivity index (χ2v) is 3.85. The van der Waals surface area contributed by atoms with E-state index in [-0.39, 0.29) is 11.7 Å². The summed E-state index contributed by atoms with van der Waals surface area (Å²) in [6.07, 6.45) is 0.821. The Morgan fingerprint density at radius 2 is 2.00 bits per heavy atom. The standard InChI is InChI=1S/C9H10BClO2/c11-9-4-2-1-3-6(9)7-5-8(7)10(12)13/h1-4,7-8,12-13H,5H2/t7-,8+/m0/s1. The topological polar surface area (TPSA) is 40.5 Å². The van der Waals surface area contributed by atoms with Crippen molar-refractivity contribution < 1.29 is 10.0 Å². The van der Waals surface area contributed by atoms with E-state index in [0.717, 1.165) is 17.0 Å². The summed E-state index contributed by atoms with van der Waals surface area (Å²) in [4.78, 5) is 0. The van der Waals surface area contributed by atoms with Gasteiger partial charge in [-0.2, -0.15) is 0 Å². The van der Waals surface area contributed by atoms with Gasteiger partial charge in [0.2, 0.25) is 0 Å². The number of halogens is 1. The first-order valence-corrected chi connectivity index (χ1v) is 4.68. The molecule has 4 heteroatoms. The molecule has 2 rings (SSSR count). The van der Waals surface area contributed by atoms with Gasteiger partial charge in [-0.15, -0.1) is 0 Å². The number of rotatable bonds is 2.